The summed E-state index contributed by atoms with van der Waals surface area (Å²) in [4.78, 5) is 13.9. The van der Waals surface area contributed by atoms with E-state index in [0.29, 0.717) is 11.4 Å². The van der Waals surface area contributed by atoms with E-state index in [4.69, 9.17) is 11.6 Å². The van der Waals surface area contributed by atoms with Crippen LogP contribution < -0.4 is 0 Å². The summed E-state index contributed by atoms with van der Waals surface area (Å²) in [6, 6.07) is 11.3. The largest absolute Gasteiger partial charge is 0.293 e. The molecule has 2 rings (SSSR count). The highest BCUT2D eigenvalue weighted by atomic mass is 35.5. The Morgan fingerprint density at radius 3 is 2.62 bits per heavy atom. The van der Waals surface area contributed by atoms with Crippen LogP contribution in [0.4, 0.5) is 0 Å². The van der Waals surface area contributed by atoms with Gasteiger partial charge in [-0.15, -0.1) is 11.3 Å². The quantitative estimate of drug-likeness (QED) is 0.749. The minimum Gasteiger partial charge on any atom is -0.293 e. The number of carbonyl (C=O) groups excluding carboxylic acids is 1. The fourth-order valence-corrected chi connectivity index (χ4v) is 2.49. The first kappa shape index (κ1) is 11.4. The number of carbonyl (C=O) groups is 1. The summed E-state index contributed by atoms with van der Waals surface area (Å²) in [5.74, 6) is 0.131. The molecule has 1 heterocycles. The maximum atomic E-state index is 11.9. The lowest BCUT2D eigenvalue weighted by Crippen LogP contribution is -2.01. The van der Waals surface area contributed by atoms with Gasteiger partial charge >= 0.3 is 0 Å². The molecule has 0 saturated heterocycles. The predicted octanol–water partition coefficient (Wildman–Crippen LogP) is 4.14. The zero-order chi connectivity index (χ0) is 11.5. The Hall–Kier alpha value is -1.12. The second kappa shape index (κ2) is 4.81. The van der Waals surface area contributed by atoms with Gasteiger partial charge in [-0.3, -0.25) is 4.79 Å². The molecular weight excluding hydrogens is 240 g/mol. The number of benzene rings is 1. The summed E-state index contributed by atoms with van der Waals surface area (Å²) < 4.78 is 0. The van der Waals surface area contributed by atoms with Crippen molar-refractivity contribution in [1.29, 1.82) is 0 Å². The summed E-state index contributed by atoms with van der Waals surface area (Å²) in [5, 5.41) is 0.657. The molecule has 1 aromatic carbocycles. The summed E-state index contributed by atoms with van der Waals surface area (Å²) in [6.45, 7) is 2.00. The molecule has 82 valence electrons. The van der Waals surface area contributed by atoms with Crippen LogP contribution in [0, 0.1) is 6.92 Å². The fraction of sp³-hybridized carbons (Fsp3) is 0.154. The third-order valence-corrected chi connectivity index (χ3v) is 3.73. The molecule has 0 amide bonds. The maximum absolute atomic E-state index is 11.9. The average molecular weight is 251 g/mol. The van der Waals surface area contributed by atoms with Crippen LogP contribution >= 0.6 is 22.9 Å². The molecule has 1 aromatic heterocycles. The Kier molecular flexibility index (Phi) is 3.42. The molecule has 0 unspecified atom stereocenters. The lowest BCUT2D eigenvalue weighted by atomic mass is 10.1. The summed E-state index contributed by atoms with van der Waals surface area (Å²) in [7, 11) is 0. The highest BCUT2D eigenvalue weighted by Crippen LogP contribution is 2.20. The SMILES string of the molecule is Cc1ccc(C(=O)Cc2ccccc2Cl)s1. The summed E-state index contributed by atoms with van der Waals surface area (Å²) >= 11 is 7.54. The number of hydrogen-bond acceptors (Lipinski definition) is 2. The van der Waals surface area contributed by atoms with E-state index in [2.05, 4.69) is 0 Å². The molecule has 0 saturated carbocycles. The maximum Gasteiger partial charge on any atom is 0.177 e. The predicted molar refractivity (Wildman–Crippen MR) is 68.5 cm³/mol. The molecule has 0 aliphatic rings. The third kappa shape index (κ3) is 2.52. The van der Waals surface area contributed by atoms with Crippen LogP contribution in [0.3, 0.4) is 0 Å². The Morgan fingerprint density at radius 1 is 1.25 bits per heavy atom. The Balaban J connectivity index is 2.17. The smallest absolute Gasteiger partial charge is 0.177 e. The van der Waals surface area contributed by atoms with Crippen LogP contribution in [0.15, 0.2) is 36.4 Å². The first-order valence-electron chi connectivity index (χ1n) is 5.00. The highest BCUT2D eigenvalue weighted by molar-refractivity contribution is 7.14. The number of halogens is 1. The van der Waals surface area contributed by atoms with Crippen LogP contribution in [0.5, 0.6) is 0 Å². The third-order valence-electron chi connectivity index (χ3n) is 2.32. The standard InChI is InChI=1S/C13H11ClOS/c1-9-6-7-13(16-9)12(15)8-10-4-2-3-5-11(10)14/h2-7H,8H2,1H3. The van der Waals surface area contributed by atoms with Gasteiger partial charge in [0.05, 0.1) is 4.88 Å². The number of ketones is 1. The van der Waals surface area contributed by atoms with Crippen molar-refractivity contribution in [1.82, 2.24) is 0 Å². The number of Topliss-reactive ketones (excluding diaryl/α,β-unsaturated/α-hetero) is 1. The monoisotopic (exact) mass is 250 g/mol. The second-order valence-corrected chi connectivity index (χ2v) is 5.30. The van der Waals surface area contributed by atoms with Crippen molar-refractivity contribution < 1.29 is 4.79 Å². The van der Waals surface area contributed by atoms with Gasteiger partial charge in [0.25, 0.3) is 0 Å². The number of thiophene rings is 1. The van der Waals surface area contributed by atoms with Gasteiger partial charge in [-0.2, -0.15) is 0 Å². The van der Waals surface area contributed by atoms with Gasteiger partial charge in [-0.1, -0.05) is 29.8 Å². The van der Waals surface area contributed by atoms with E-state index in [9.17, 15) is 4.79 Å². The van der Waals surface area contributed by atoms with E-state index in [1.807, 2.05) is 43.3 Å². The molecule has 0 aliphatic carbocycles. The Labute approximate surface area is 104 Å². The van der Waals surface area contributed by atoms with Crippen LogP contribution in [-0.4, -0.2) is 5.78 Å². The van der Waals surface area contributed by atoms with Crippen molar-refractivity contribution >= 4 is 28.7 Å². The van der Waals surface area contributed by atoms with Gasteiger partial charge in [0, 0.05) is 16.3 Å². The average Bonchev–Trinajstić information content (AvgIpc) is 2.68. The summed E-state index contributed by atoms with van der Waals surface area (Å²) in [6.07, 6.45) is 0.375. The molecular formula is C13H11ClOS. The van der Waals surface area contributed by atoms with Gasteiger partial charge in [0.1, 0.15) is 0 Å². The van der Waals surface area contributed by atoms with E-state index < -0.39 is 0 Å². The molecule has 1 nitrogen and oxygen atoms in total. The van der Waals surface area contributed by atoms with Gasteiger partial charge in [-0.05, 0) is 30.7 Å². The molecule has 0 fully saturated rings. The van der Waals surface area contributed by atoms with Crippen LogP contribution in [0.2, 0.25) is 5.02 Å². The topological polar surface area (TPSA) is 17.1 Å². The van der Waals surface area contributed by atoms with Gasteiger partial charge in [-0.25, -0.2) is 0 Å². The number of hydrogen-bond donors (Lipinski definition) is 0. The Bertz CT molecular complexity index is 516. The highest BCUT2D eigenvalue weighted by Gasteiger charge is 2.10. The molecule has 0 bridgehead atoms. The lowest BCUT2D eigenvalue weighted by molar-refractivity contribution is 0.0997. The normalized spacial score (nSPS) is 10.4. The van der Waals surface area contributed by atoms with Gasteiger partial charge in [0.2, 0.25) is 0 Å². The van der Waals surface area contributed by atoms with Crippen LogP contribution in [-0.2, 0) is 6.42 Å². The van der Waals surface area contributed by atoms with Crippen molar-refractivity contribution in [3.05, 3.63) is 56.7 Å². The number of rotatable bonds is 3. The van der Waals surface area contributed by atoms with Gasteiger partial charge in [0.15, 0.2) is 5.78 Å². The van der Waals surface area contributed by atoms with Crippen molar-refractivity contribution in [3.8, 4) is 0 Å². The molecule has 0 atom stereocenters. The number of aryl methyl sites for hydroxylation is 1. The van der Waals surface area contributed by atoms with E-state index in [0.717, 1.165) is 15.3 Å². The first-order valence-corrected chi connectivity index (χ1v) is 6.19. The lowest BCUT2D eigenvalue weighted by Gasteiger charge is -2.01. The van der Waals surface area contributed by atoms with Crippen molar-refractivity contribution in [2.24, 2.45) is 0 Å². The Morgan fingerprint density at radius 2 is 2.00 bits per heavy atom. The second-order valence-electron chi connectivity index (χ2n) is 3.60. The van der Waals surface area contributed by atoms with E-state index in [1.54, 1.807) is 0 Å². The van der Waals surface area contributed by atoms with Crippen molar-refractivity contribution in [3.63, 3.8) is 0 Å². The zero-order valence-electron chi connectivity index (χ0n) is 8.87. The molecule has 16 heavy (non-hydrogen) atoms. The zero-order valence-corrected chi connectivity index (χ0v) is 10.4. The molecule has 0 N–H and O–H groups in total. The summed E-state index contributed by atoms with van der Waals surface area (Å²) in [5.41, 5.74) is 0.889. The van der Waals surface area contributed by atoms with E-state index in [1.165, 1.54) is 11.3 Å². The van der Waals surface area contributed by atoms with Crippen LogP contribution in [0.25, 0.3) is 0 Å². The van der Waals surface area contributed by atoms with Crippen molar-refractivity contribution in [2.45, 2.75) is 13.3 Å². The molecule has 0 radical (unpaired) electrons. The minimum atomic E-state index is 0.131. The molecule has 3 heteroatoms. The van der Waals surface area contributed by atoms with Crippen LogP contribution in [0.1, 0.15) is 20.1 Å². The van der Waals surface area contributed by atoms with Crippen molar-refractivity contribution in [2.75, 3.05) is 0 Å². The molecule has 0 spiro atoms. The van der Waals surface area contributed by atoms with E-state index in [-0.39, 0.29) is 5.78 Å². The first-order chi connectivity index (χ1) is 7.66. The van der Waals surface area contributed by atoms with E-state index >= 15 is 0 Å². The fourth-order valence-electron chi connectivity index (χ4n) is 1.49. The molecule has 0 aliphatic heterocycles. The van der Waals surface area contributed by atoms with Gasteiger partial charge < -0.3 is 0 Å². The molecule has 2 aromatic rings. The minimum absolute atomic E-state index is 0.131.